The van der Waals surface area contributed by atoms with E-state index in [0.29, 0.717) is 0 Å². The van der Waals surface area contributed by atoms with Crippen LogP contribution in [0.4, 0.5) is 0 Å². The molecule has 4 rings (SSSR count). The van der Waals surface area contributed by atoms with Crippen molar-refractivity contribution in [3.63, 3.8) is 0 Å². The van der Waals surface area contributed by atoms with E-state index in [-0.39, 0.29) is 0 Å². The molecule has 0 saturated carbocycles. The first kappa shape index (κ1) is 11.1. The van der Waals surface area contributed by atoms with Gasteiger partial charge in [-0.05, 0) is 29.8 Å². The first-order valence-electron chi connectivity index (χ1n) is 6.61. The Bertz CT molecular complexity index is 908. The first-order valence-corrected chi connectivity index (χ1v) is 6.61. The Kier molecular flexibility index (Phi) is 2.46. The molecule has 0 bridgehead atoms. The van der Waals surface area contributed by atoms with Gasteiger partial charge >= 0.3 is 0 Å². The zero-order valence-corrected chi connectivity index (χ0v) is 10.8. The van der Waals surface area contributed by atoms with Crippen LogP contribution in [0.25, 0.3) is 32.9 Å². The van der Waals surface area contributed by atoms with Crippen LogP contribution >= 0.6 is 0 Å². The van der Waals surface area contributed by atoms with E-state index in [1.165, 1.54) is 5.56 Å². The predicted octanol–water partition coefficient (Wildman–Crippen LogP) is 4.45. The van der Waals surface area contributed by atoms with Crippen molar-refractivity contribution in [3.05, 3.63) is 73.1 Å². The average Bonchev–Trinajstić information content (AvgIpc) is 2.54. The van der Waals surface area contributed by atoms with Crippen molar-refractivity contribution in [3.8, 4) is 11.1 Å². The van der Waals surface area contributed by atoms with Gasteiger partial charge in [0.2, 0.25) is 0 Å². The molecule has 0 radical (unpaired) electrons. The molecule has 2 aromatic heterocycles. The number of rotatable bonds is 1. The molecule has 4 aromatic rings. The zero-order valence-electron chi connectivity index (χ0n) is 10.8. The van der Waals surface area contributed by atoms with Crippen molar-refractivity contribution in [2.24, 2.45) is 0 Å². The van der Waals surface area contributed by atoms with E-state index >= 15 is 0 Å². The van der Waals surface area contributed by atoms with Gasteiger partial charge < -0.3 is 0 Å². The molecule has 94 valence electrons. The maximum atomic E-state index is 4.54. The second kappa shape index (κ2) is 4.42. The van der Waals surface area contributed by atoms with Gasteiger partial charge in [0.15, 0.2) is 0 Å². The fourth-order valence-electron chi connectivity index (χ4n) is 2.57. The minimum Gasteiger partial charge on any atom is -0.256 e. The molecule has 2 heteroatoms. The van der Waals surface area contributed by atoms with Gasteiger partial charge in [-0.3, -0.25) is 9.97 Å². The topological polar surface area (TPSA) is 25.8 Å². The SMILES string of the molecule is c1ccc2ncc(-c3cccc4ncccc34)cc2c1. The summed E-state index contributed by atoms with van der Waals surface area (Å²) in [5.41, 5.74) is 4.34. The molecule has 0 spiro atoms. The Hall–Kier alpha value is -2.74. The van der Waals surface area contributed by atoms with Crippen LogP contribution in [0.1, 0.15) is 0 Å². The van der Waals surface area contributed by atoms with Gasteiger partial charge in [-0.2, -0.15) is 0 Å². The summed E-state index contributed by atoms with van der Waals surface area (Å²) >= 11 is 0. The largest absolute Gasteiger partial charge is 0.256 e. The third-order valence-electron chi connectivity index (χ3n) is 3.55. The maximum absolute atomic E-state index is 4.54. The number of hydrogen-bond donors (Lipinski definition) is 0. The number of benzene rings is 2. The Morgan fingerprint density at radius 2 is 1.60 bits per heavy atom. The highest BCUT2D eigenvalue weighted by Gasteiger charge is 2.05. The number of hydrogen-bond acceptors (Lipinski definition) is 2. The van der Waals surface area contributed by atoms with Gasteiger partial charge in [-0.15, -0.1) is 0 Å². The van der Waals surface area contributed by atoms with E-state index in [2.05, 4.69) is 34.2 Å². The second-order valence-corrected chi connectivity index (χ2v) is 4.79. The molecule has 0 atom stereocenters. The van der Waals surface area contributed by atoms with Gasteiger partial charge in [0.05, 0.1) is 11.0 Å². The standard InChI is InChI=1S/C18H12N2/c1-2-8-17-13(5-1)11-14(12-20-17)15-6-3-9-18-16(15)7-4-10-19-18/h1-12H. The highest BCUT2D eigenvalue weighted by Crippen LogP contribution is 2.28. The van der Waals surface area contributed by atoms with E-state index in [0.717, 1.165) is 27.4 Å². The van der Waals surface area contributed by atoms with E-state index in [1.807, 2.05) is 48.8 Å². The number of para-hydroxylation sites is 1. The quantitative estimate of drug-likeness (QED) is 0.503. The average molecular weight is 256 g/mol. The van der Waals surface area contributed by atoms with Crippen LogP contribution in [-0.4, -0.2) is 9.97 Å². The second-order valence-electron chi connectivity index (χ2n) is 4.79. The van der Waals surface area contributed by atoms with Gasteiger partial charge in [-0.1, -0.05) is 36.4 Å². The molecular weight excluding hydrogens is 244 g/mol. The van der Waals surface area contributed by atoms with Gasteiger partial charge in [-0.25, -0.2) is 0 Å². The molecule has 0 aliphatic rings. The molecule has 0 aliphatic heterocycles. The minimum atomic E-state index is 1.01. The fourth-order valence-corrected chi connectivity index (χ4v) is 2.57. The van der Waals surface area contributed by atoms with Crippen molar-refractivity contribution in [1.82, 2.24) is 9.97 Å². The number of aromatic nitrogens is 2. The molecule has 0 N–H and O–H groups in total. The van der Waals surface area contributed by atoms with Gasteiger partial charge in [0.1, 0.15) is 0 Å². The van der Waals surface area contributed by atoms with Crippen LogP contribution in [0.5, 0.6) is 0 Å². The van der Waals surface area contributed by atoms with Crippen LogP contribution in [-0.2, 0) is 0 Å². The summed E-state index contributed by atoms with van der Waals surface area (Å²) in [6.07, 6.45) is 3.76. The van der Waals surface area contributed by atoms with Crippen molar-refractivity contribution >= 4 is 21.8 Å². The molecular formula is C18H12N2. The van der Waals surface area contributed by atoms with Crippen LogP contribution < -0.4 is 0 Å². The van der Waals surface area contributed by atoms with E-state index in [1.54, 1.807) is 0 Å². The molecule has 0 fully saturated rings. The number of fused-ring (bicyclic) bond motifs is 2. The Balaban J connectivity index is 2.01. The van der Waals surface area contributed by atoms with Crippen molar-refractivity contribution in [2.75, 3.05) is 0 Å². The third kappa shape index (κ3) is 1.74. The van der Waals surface area contributed by atoms with Crippen molar-refractivity contribution in [2.45, 2.75) is 0 Å². The van der Waals surface area contributed by atoms with Crippen LogP contribution in [0.2, 0.25) is 0 Å². The summed E-state index contributed by atoms with van der Waals surface area (Å²) in [6, 6.07) is 20.6. The molecule has 2 nitrogen and oxygen atoms in total. The van der Waals surface area contributed by atoms with Crippen LogP contribution in [0.15, 0.2) is 73.1 Å². The third-order valence-corrected chi connectivity index (χ3v) is 3.55. The lowest BCUT2D eigenvalue weighted by molar-refractivity contribution is 1.40. The summed E-state index contributed by atoms with van der Waals surface area (Å²) < 4.78 is 0. The number of nitrogens with zero attached hydrogens (tertiary/aromatic N) is 2. The highest BCUT2D eigenvalue weighted by molar-refractivity contribution is 5.96. The smallest absolute Gasteiger partial charge is 0.0708 e. The van der Waals surface area contributed by atoms with E-state index < -0.39 is 0 Å². The van der Waals surface area contributed by atoms with E-state index in [9.17, 15) is 0 Å². The van der Waals surface area contributed by atoms with Crippen molar-refractivity contribution < 1.29 is 0 Å². The Labute approximate surface area is 116 Å². The van der Waals surface area contributed by atoms with Gasteiger partial charge in [0.25, 0.3) is 0 Å². The summed E-state index contributed by atoms with van der Waals surface area (Å²) in [6.45, 7) is 0. The number of pyridine rings is 2. The molecule has 0 aliphatic carbocycles. The maximum Gasteiger partial charge on any atom is 0.0708 e. The Morgan fingerprint density at radius 3 is 2.60 bits per heavy atom. The monoisotopic (exact) mass is 256 g/mol. The molecule has 2 aromatic carbocycles. The summed E-state index contributed by atoms with van der Waals surface area (Å²) in [5, 5.41) is 2.32. The summed E-state index contributed by atoms with van der Waals surface area (Å²) in [4.78, 5) is 8.95. The lowest BCUT2D eigenvalue weighted by Crippen LogP contribution is -1.85. The molecule has 2 heterocycles. The minimum absolute atomic E-state index is 1.01. The van der Waals surface area contributed by atoms with E-state index in [4.69, 9.17) is 0 Å². The summed E-state index contributed by atoms with van der Waals surface area (Å²) in [7, 11) is 0. The lowest BCUT2D eigenvalue weighted by Gasteiger charge is -2.07. The Morgan fingerprint density at radius 1 is 0.700 bits per heavy atom. The molecule has 20 heavy (non-hydrogen) atoms. The molecule has 0 unspecified atom stereocenters. The van der Waals surface area contributed by atoms with Crippen LogP contribution in [0.3, 0.4) is 0 Å². The molecule has 0 amide bonds. The molecule has 0 saturated heterocycles. The van der Waals surface area contributed by atoms with Gasteiger partial charge in [0, 0.05) is 28.7 Å². The lowest BCUT2D eigenvalue weighted by atomic mass is 10.0. The normalized spacial score (nSPS) is 11.0. The first-order chi connectivity index (χ1) is 9.92. The highest BCUT2D eigenvalue weighted by atomic mass is 14.7. The van der Waals surface area contributed by atoms with Crippen LogP contribution in [0, 0.1) is 0 Å². The zero-order chi connectivity index (χ0) is 13.4. The summed E-state index contributed by atoms with van der Waals surface area (Å²) in [5.74, 6) is 0. The van der Waals surface area contributed by atoms with Crippen molar-refractivity contribution in [1.29, 1.82) is 0 Å². The fraction of sp³-hybridized carbons (Fsp3) is 0. The predicted molar refractivity (Wildman–Crippen MR) is 82.5 cm³/mol.